The standard InChI is InChI=1S/C12H25N3O/c1-11(2,3)14-7-13(10-16)8-15(9-14)12(4,5)6/h10H,7-9H2,1-6H3. The molecule has 0 aromatic rings. The minimum atomic E-state index is 0.0885. The van der Waals surface area contributed by atoms with Crippen molar-refractivity contribution in [2.24, 2.45) is 0 Å². The van der Waals surface area contributed by atoms with Crippen molar-refractivity contribution in [3.63, 3.8) is 0 Å². The molecule has 0 atom stereocenters. The van der Waals surface area contributed by atoms with E-state index in [0.29, 0.717) is 0 Å². The summed E-state index contributed by atoms with van der Waals surface area (Å²) in [7, 11) is 0. The molecule has 4 heteroatoms. The van der Waals surface area contributed by atoms with E-state index in [4.69, 9.17) is 0 Å². The molecule has 0 saturated carbocycles. The second kappa shape index (κ2) is 4.34. The maximum atomic E-state index is 11.0. The van der Waals surface area contributed by atoms with Crippen molar-refractivity contribution in [3.05, 3.63) is 0 Å². The summed E-state index contributed by atoms with van der Waals surface area (Å²) in [6, 6.07) is 0. The monoisotopic (exact) mass is 227 g/mol. The van der Waals surface area contributed by atoms with Crippen LogP contribution in [-0.4, -0.2) is 52.2 Å². The third-order valence-corrected chi connectivity index (χ3v) is 3.09. The van der Waals surface area contributed by atoms with Crippen LogP contribution in [0.25, 0.3) is 0 Å². The molecule has 0 aromatic heterocycles. The molecular formula is C12H25N3O. The van der Waals surface area contributed by atoms with E-state index in [1.54, 1.807) is 0 Å². The summed E-state index contributed by atoms with van der Waals surface area (Å²) in [5.74, 6) is 0. The Balaban J connectivity index is 2.81. The van der Waals surface area contributed by atoms with Crippen molar-refractivity contribution in [1.29, 1.82) is 0 Å². The summed E-state index contributed by atoms with van der Waals surface area (Å²) in [6.07, 6.45) is 0.941. The Morgan fingerprint density at radius 1 is 0.812 bits per heavy atom. The first-order chi connectivity index (χ1) is 7.14. The van der Waals surface area contributed by atoms with E-state index in [1.165, 1.54) is 0 Å². The minimum absolute atomic E-state index is 0.0885. The van der Waals surface area contributed by atoms with Crippen LogP contribution >= 0.6 is 0 Å². The number of carbonyl (C=O) groups is 1. The van der Waals surface area contributed by atoms with Crippen LogP contribution in [0.1, 0.15) is 41.5 Å². The Hall–Kier alpha value is -0.610. The van der Waals surface area contributed by atoms with E-state index in [1.807, 2.05) is 4.90 Å². The van der Waals surface area contributed by atoms with E-state index in [2.05, 4.69) is 51.3 Å². The van der Waals surface area contributed by atoms with Gasteiger partial charge in [-0.05, 0) is 41.5 Å². The molecule has 1 aliphatic rings. The Kier molecular flexibility index (Phi) is 3.65. The van der Waals surface area contributed by atoms with Crippen LogP contribution in [-0.2, 0) is 4.79 Å². The lowest BCUT2D eigenvalue weighted by molar-refractivity contribution is -0.139. The van der Waals surface area contributed by atoms with Gasteiger partial charge < -0.3 is 4.90 Å². The van der Waals surface area contributed by atoms with Crippen LogP contribution in [0, 0.1) is 0 Å². The molecule has 0 N–H and O–H groups in total. The number of rotatable bonds is 1. The molecule has 0 unspecified atom stereocenters. The molecule has 1 rings (SSSR count). The smallest absolute Gasteiger partial charge is 0.211 e. The Bertz CT molecular complexity index is 230. The summed E-state index contributed by atoms with van der Waals surface area (Å²) in [6.45, 7) is 15.5. The van der Waals surface area contributed by atoms with Crippen molar-refractivity contribution < 1.29 is 4.79 Å². The van der Waals surface area contributed by atoms with E-state index < -0.39 is 0 Å². The zero-order valence-electron chi connectivity index (χ0n) is 11.4. The van der Waals surface area contributed by atoms with Crippen LogP contribution in [0.4, 0.5) is 0 Å². The van der Waals surface area contributed by atoms with E-state index in [-0.39, 0.29) is 11.1 Å². The van der Waals surface area contributed by atoms with Crippen molar-refractivity contribution in [1.82, 2.24) is 14.7 Å². The molecule has 16 heavy (non-hydrogen) atoms. The first-order valence-electron chi connectivity index (χ1n) is 5.84. The number of hydrogen-bond donors (Lipinski definition) is 0. The summed E-state index contributed by atoms with van der Waals surface area (Å²) in [5, 5.41) is 0. The van der Waals surface area contributed by atoms with Crippen LogP contribution in [0.5, 0.6) is 0 Å². The molecule has 0 spiro atoms. The molecule has 1 saturated heterocycles. The van der Waals surface area contributed by atoms with Gasteiger partial charge >= 0.3 is 0 Å². The van der Waals surface area contributed by atoms with Gasteiger partial charge in [0.25, 0.3) is 0 Å². The highest BCUT2D eigenvalue weighted by molar-refractivity contribution is 5.46. The SMILES string of the molecule is CC(C)(C)N1CN(C=O)CN(C(C)(C)C)C1. The molecule has 1 fully saturated rings. The first kappa shape index (κ1) is 13.5. The fourth-order valence-corrected chi connectivity index (χ4v) is 1.69. The molecule has 0 radical (unpaired) electrons. The van der Waals surface area contributed by atoms with Gasteiger partial charge in [-0.2, -0.15) is 0 Å². The average molecular weight is 227 g/mol. The molecular weight excluding hydrogens is 202 g/mol. The maximum Gasteiger partial charge on any atom is 0.211 e. The summed E-state index contributed by atoms with van der Waals surface area (Å²) < 4.78 is 0. The van der Waals surface area contributed by atoms with Crippen LogP contribution in [0.15, 0.2) is 0 Å². The van der Waals surface area contributed by atoms with Gasteiger partial charge in [-0.3, -0.25) is 14.6 Å². The number of nitrogens with zero attached hydrogens (tertiary/aromatic N) is 3. The van der Waals surface area contributed by atoms with Gasteiger partial charge in [0.1, 0.15) is 0 Å². The van der Waals surface area contributed by atoms with Crippen molar-refractivity contribution in [3.8, 4) is 0 Å². The number of hydrogen-bond acceptors (Lipinski definition) is 3. The predicted molar refractivity (Wildman–Crippen MR) is 65.7 cm³/mol. The molecule has 0 aliphatic carbocycles. The van der Waals surface area contributed by atoms with E-state index in [0.717, 1.165) is 26.4 Å². The van der Waals surface area contributed by atoms with Crippen LogP contribution in [0.2, 0.25) is 0 Å². The van der Waals surface area contributed by atoms with Gasteiger partial charge in [0, 0.05) is 11.1 Å². The third kappa shape index (κ3) is 3.19. The second-order valence-electron chi connectivity index (χ2n) is 6.54. The van der Waals surface area contributed by atoms with Crippen LogP contribution < -0.4 is 0 Å². The maximum absolute atomic E-state index is 11.0. The molecule has 0 bridgehead atoms. The van der Waals surface area contributed by atoms with Crippen molar-refractivity contribution in [2.75, 3.05) is 20.0 Å². The highest BCUT2D eigenvalue weighted by atomic mass is 16.1. The summed E-state index contributed by atoms with van der Waals surface area (Å²) >= 11 is 0. The zero-order valence-corrected chi connectivity index (χ0v) is 11.4. The zero-order chi connectivity index (χ0) is 12.6. The molecule has 94 valence electrons. The molecule has 1 heterocycles. The minimum Gasteiger partial charge on any atom is -0.319 e. The molecule has 1 amide bonds. The highest BCUT2D eigenvalue weighted by Crippen LogP contribution is 2.23. The first-order valence-corrected chi connectivity index (χ1v) is 5.84. The number of amides is 1. The van der Waals surface area contributed by atoms with Gasteiger partial charge in [0.05, 0.1) is 20.0 Å². The quantitative estimate of drug-likeness (QED) is 0.636. The molecule has 0 aromatic carbocycles. The Labute approximate surface area is 99.2 Å². The molecule has 4 nitrogen and oxygen atoms in total. The highest BCUT2D eigenvalue weighted by Gasteiger charge is 2.34. The molecule has 1 aliphatic heterocycles. The topological polar surface area (TPSA) is 26.8 Å². The number of carbonyl (C=O) groups excluding carboxylic acids is 1. The third-order valence-electron chi connectivity index (χ3n) is 3.09. The van der Waals surface area contributed by atoms with Gasteiger partial charge in [-0.1, -0.05) is 0 Å². The average Bonchev–Trinajstić information content (AvgIpc) is 2.14. The fraction of sp³-hybridized carbons (Fsp3) is 0.917. The summed E-state index contributed by atoms with van der Waals surface area (Å²) in [5.41, 5.74) is 0.177. The fourth-order valence-electron chi connectivity index (χ4n) is 1.69. The summed E-state index contributed by atoms with van der Waals surface area (Å²) in [4.78, 5) is 17.4. The second-order valence-corrected chi connectivity index (χ2v) is 6.54. The Morgan fingerprint density at radius 2 is 1.19 bits per heavy atom. The van der Waals surface area contributed by atoms with E-state index >= 15 is 0 Å². The van der Waals surface area contributed by atoms with Gasteiger partial charge in [-0.25, -0.2) is 0 Å². The van der Waals surface area contributed by atoms with Gasteiger partial charge in [0.15, 0.2) is 0 Å². The lowest BCUT2D eigenvalue weighted by atomic mass is 10.0. The van der Waals surface area contributed by atoms with Gasteiger partial charge in [-0.15, -0.1) is 0 Å². The lowest BCUT2D eigenvalue weighted by Crippen LogP contribution is -2.63. The lowest BCUT2D eigenvalue weighted by Gasteiger charge is -2.50. The normalized spacial score (nSPS) is 21.2. The predicted octanol–water partition coefficient (Wildman–Crippen LogP) is 1.53. The van der Waals surface area contributed by atoms with E-state index in [9.17, 15) is 4.79 Å². The van der Waals surface area contributed by atoms with Crippen molar-refractivity contribution in [2.45, 2.75) is 52.6 Å². The Morgan fingerprint density at radius 3 is 1.44 bits per heavy atom. The largest absolute Gasteiger partial charge is 0.319 e. The van der Waals surface area contributed by atoms with Crippen molar-refractivity contribution >= 4 is 6.41 Å². The van der Waals surface area contributed by atoms with Gasteiger partial charge in [0.2, 0.25) is 6.41 Å². The van der Waals surface area contributed by atoms with Crippen LogP contribution in [0.3, 0.4) is 0 Å².